The Morgan fingerprint density at radius 1 is 0.583 bits per heavy atom. The first-order valence-electron chi connectivity index (χ1n) is 11.0. The van der Waals surface area contributed by atoms with Gasteiger partial charge in [0.1, 0.15) is 0 Å². The van der Waals surface area contributed by atoms with Crippen molar-refractivity contribution in [3.8, 4) is 0 Å². The predicted molar refractivity (Wildman–Crippen MR) is 144 cm³/mol. The van der Waals surface area contributed by atoms with Crippen LogP contribution in [0.4, 0.5) is 22.7 Å². The fraction of sp³-hybridized carbons (Fsp3) is 0.0769. The lowest BCUT2D eigenvalue weighted by Gasteiger charge is -2.28. The Morgan fingerprint density at radius 2 is 0.917 bits per heavy atom. The summed E-state index contributed by atoms with van der Waals surface area (Å²) >= 11 is 6.14. The second-order valence-electron chi connectivity index (χ2n) is 8.14. The van der Waals surface area contributed by atoms with Crippen LogP contribution in [0.1, 0.15) is 23.2 Å². The Balaban J connectivity index is 1.70. The molecule has 5 rings (SSSR count). The molecule has 0 aliphatic carbocycles. The molecule has 1 aliphatic rings. The number of hydrogen-bond acceptors (Lipinski definition) is 5. The third-order valence-corrected chi connectivity index (χ3v) is 8.57. The van der Waals surface area contributed by atoms with Gasteiger partial charge >= 0.3 is 0 Å². The van der Waals surface area contributed by atoms with Crippen molar-refractivity contribution in [2.24, 2.45) is 0 Å². The van der Waals surface area contributed by atoms with Crippen molar-refractivity contribution < 1.29 is 9.85 Å². The van der Waals surface area contributed by atoms with Gasteiger partial charge in [0.25, 0.3) is 11.4 Å². The van der Waals surface area contributed by atoms with Crippen molar-refractivity contribution in [2.75, 3.05) is 8.61 Å². The van der Waals surface area contributed by atoms with Crippen LogP contribution in [-0.4, -0.2) is 9.85 Å². The molecule has 0 N–H and O–H groups in total. The van der Waals surface area contributed by atoms with Gasteiger partial charge in [-0.05, 0) is 46.6 Å². The van der Waals surface area contributed by atoms with Crippen LogP contribution in [0.25, 0.3) is 0 Å². The van der Waals surface area contributed by atoms with Crippen LogP contribution in [0.2, 0.25) is 0 Å². The van der Waals surface area contributed by atoms with E-state index >= 15 is 0 Å². The summed E-state index contributed by atoms with van der Waals surface area (Å²) in [5, 5.41) is 22.5. The Bertz CT molecular complexity index is 1310. The Hall–Kier alpha value is -4.15. The van der Waals surface area contributed by atoms with Crippen molar-refractivity contribution in [2.45, 2.75) is 12.1 Å². The van der Waals surface area contributed by atoms with Crippen LogP contribution in [0.5, 0.6) is 0 Å². The van der Waals surface area contributed by atoms with Crippen LogP contribution < -0.4 is 8.61 Å². The molecule has 1 saturated heterocycles. The first kappa shape index (κ1) is 23.6. The normalized spacial score (nSPS) is 17.8. The van der Waals surface area contributed by atoms with E-state index in [9.17, 15) is 20.2 Å². The van der Waals surface area contributed by atoms with Gasteiger partial charge in [0.2, 0.25) is 0 Å². The molecule has 4 aromatic rings. The molecule has 10 heteroatoms. The number of nitro benzene ring substituents is 2. The number of anilines is 2. The van der Waals surface area contributed by atoms with Crippen LogP contribution in [0, 0.1) is 20.2 Å². The topological polar surface area (TPSA) is 92.8 Å². The molecule has 2 atom stereocenters. The van der Waals surface area contributed by atoms with E-state index in [0.29, 0.717) is 0 Å². The summed E-state index contributed by atoms with van der Waals surface area (Å²) in [4.78, 5) is 21.7. The molecular formula is C26H20N4O4S2. The van der Waals surface area contributed by atoms with E-state index in [-0.39, 0.29) is 23.5 Å². The SMILES string of the molecule is O=[N+]([O-])c1ccc(N2[C@@H](c3ccccc3)[C@H](c3ccccc3)N(c3ccc([N+](=O)[O-])cc3)S2=S)cc1. The van der Waals surface area contributed by atoms with Crippen molar-refractivity contribution in [1.29, 1.82) is 0 Å². The van der Waals surface area contributed by atoms with E-state index in [1.807, 2.05) is 60.7 Å². The lowest BCUT2D eigenvalue weighted by atomic mass is 9.92. The van der Waals surface area contributed by atoms with Crippen molar-refractivity contribution in [3.05, 3.63) is 141 Å². The third-order valence-electron chi connectivity index (χ3n) is 6.05. The van der Waals surface area contributed by atoms with Crippen LogP contribution >= 0.6 is 0 Å². The average molecular weight is 517 g/mol. The smallest absolute Gasteiger partial charge is 0.269 e. The van der Waals surface area contributed by atoms with Crippen LogP contribution in [0.3, 0.4) is 0 Å². The molecule has 36 heavy (non-hydrogen) atoms. The predicted octanol–water partition coefficient (Wildman–Crippen LogP) is 6.22. The molecule has 8 nitrogen and oxygen atoms in total. The second-order valence-corrected chi connectivity index (χ2v) is 10.3. The maximum absolute atomic E-state index is 11.3. The second kappa shape index (κ2) is 9.84. The van der Waals surface area contributed by atoms with Gasteiger partial charge in [-0.15, -0.1) is 0 Å². The number of rotatable bonds is 6. The molecule has 180 valence electrons. The minimum absolute atomic E-state index is 0.00490. The molecule has 0 unspecified atom stereocenters. The van der Waals surface area contributed by atoms with E-state index in [1.54, 1.807) is 24.3 Å². The molecule has 0 bridgehead atoms. The molecule has 1 heterocycles. The zero-order chi connectivity index (χ0) is 25.2. The summed E-state index contributed by atoms with van der Waals surface area (Å²) in [5.41, 5.74) is 3.61. The van der Waals surface area contributed by atoms with Gasteiger partial charge in [-0.25, -0.2) is 0 Å². The molecule has 1 fully saturated rings. The molecule has 0 spiro atoms. The minimum atomic E-state index is -0.936. The van der Waals surface area contributed by atoms with E-state index in [4.69, 9.17) is 11.2 Å². The first-order valence-corrected chi connectivity index (χ1v) is 13.1. The summed E-state index contributed by atoms with van der Waals surface area (Å²) in [7, 11) is -0.936. The first-order chi connectivity index (χ1) is 17.5. The average Bonchev–Trinajstić information content (AvgIpc) is 3.22. The molecule has 0 radical (unpaired) electrons. The zero-order valence-electron chi connectivity index (χ0n) is 18.8. The third kappa shape index (κ3) is 4.32. The highest BCUT2D eigenvalue weighted by atomic mass is 32.8. The molecule has 0 aromatic heterocycles. The van der Waals surface area contributed by atoms with E-state index in [0.717, 1.165) is 22.5 Å². The molecule has 0 saturated carbocycles. The van der Waals surface area contributed by atoms with Gasteiger partial charge in [-0.1, -0.05) is 60.7 Å². The van der Waals surface area contributed by atoms with Gasteiger partial charge in [-0.2, -0.15) is 0 Å². The zero-order valence-corrected chi connectivity index (χ0v) is 20.4. The lowest BCUT2D eigenvalue weighted by molar-refractivity contribution is -0.385. The maximum atomic E-state index is 11.3. The maximum Gasteiger partial charge on any atom is 0.269 e. The van der Waals surface area contributed by atoms with Crippen molar-refractivity contribution in [1.82, 2.24) is 0 Å². The summed E-state index contributed by atoms with van der Waals surface area (Å²) in [6, 6.07) is 32.4. The highest BCUT2D eigenvalue weighted by molar-refractivity contribution is 8.30. The van der Waals surface area contributed by atoms with Crippen molar-refractivity contribution in [3.63, 3.8) is 0 Å². The monoisotopic (exact) mass is 516 g/mol. The highest BCUT2D eigenvalue weighted by Gasteiger charge is 2.46. The van der Waals surface area contributed by atoms with E-state index < -0.39 is 19.7 Å². The number of non-ortho nitro benzene ring substituents is 2. The number of nitro groups is 2. The van der Waals surface area contributed by atoms with Crippen LogP contribution in [-0.2, 0) is 21.0 Å². The number of hydrogen-bond donors (Lipinski definition) is 0. The summed E-state index contributed by atoms with van der Waals surface area (Å²) < 4.78 is 4.21. The van der Waals surface area contributed by atoms with Gasteiger partial charge < -0.3 is 0 Å². The lowest BCUT2D eigenvalue weighted by Crippen LogP contribution is -2.26. The van der Waals surface area contributed by atoms with Gasteiger partial charge in [0, 0.05) is 24.3 Å². The summed E-state index contributed by atoms with van der Waals surface area (Å²) in [5.74, 6) is 0. The number of nitrogens with zero attached hydrogens (tertiary/aromatic N) is 4. The van der Waals surface area contributed by atoms with E-state index in [1.165, 1.54) is 24.3 Å². The molecule has 0 amide bonds. The highest BCUT2D eigenvalue weighted by Crippen LogP contribution is 2.50. The standard InChI is InChI=1S/C26H20N4O4S2/c31-29(32)23-15-11-21(12-16-23)27-25(19-7-3-1-4-8-19)26(20-9-5-2-6-10-20)28(36(27)35)22-13-17-24(18-14-22)30(33)34/h1-18,25-26H/t25-,26-/m0/s1. The molecule has 4 aromatic carbocycles. The molecule has 1 aliphatic heterocycles. The minimum Gasteiger partial charge on any atom is -0.287 e. The quantitative estimate of drug-likeness (QED) is 0.222. The van der Waals surface area contributed by atoms with Gasteiger partial charge in [0.05, 0.1) is 43.1 Å². The molecular weight excluding hydrogens is 496 g/mol. The fourth-order valence-corrected chi connectivity index (χ4v) is 7.15. The fourth-order valence-electron chi connectivity index (χ4n) is 4.43. The largest absolute Gasteiger partial charge is 0.287 e. The Kier molecular flexibility index (Phi) is 6.45. The van der Waals surface area contributed by atoms with E-state index in [2.05, 4.69) is 8.61 Å². The number of benzene rings is 4. The summed E-state index contributed by atoms with van der Waals surface area (Å²) in [6.07, 6.45) is 0. The van der Waals surface area contributed by atoms with Crippen LogP contribution in [0.15, 0.2) is 109 Å². The Labute approximate surface area is 214 Å². The van der Waals surface area contributed by atoms with Gasteiger partial charge in [0.15, 0.2) is 0 Å². The van der Waals surface area contributed by atoms with Crippen molar-refractivity contribution >= 4 is 43.8 Å². The Morgan fingerprint density at radius 3 is 1.22 bits per heavy atom. The van der Waals surface area contributed by atoms with Gasteiger partial charge in [-0.3, -0.25) is 28.8 Å². The summed E-state index contributed by atoms with van der Waals surface area (Å²) in [6.45, 7) is 0.